The summed E-state index contributed by atoms with van der Waals surface area (Å²) in [5.74, 6) is 1.72. The van der Waals surface area contributed by atoms with Crippen LogP contribution in [0.3, 0.4) is 0 Å². The number of hydrogen-bond donors (Lipinski definition) is 2. The molecule has 0 saturated carbocycles. The quantitative estimate of drug-likeness (QED) is 0.602. The van der Waals surface area contributed by atoms with Gasteiger partial charge < -0.3 is 20.1 Å². The molecule has 0 spiro atoms. The maximum atomic E-state index is 12.1. The SMILES string of the molecule is O=C(NCc1cnc(Oc2ccc3c(c2)CCC(c2ccccc2)O3)s1)[C@@H]1CCCN1. The second kappa shape index (κ2) is 9.08. The monoisotopic (exact) mass is 435 g/mol. The van der Waals surface area contributed by atoms with Crippen LogP contribution in [0.5, 0.6) is 16.7 Å². The minimum atomic E-state index is -0.0668. The fraction of sp³-hybridized carbons (Fsp3) is 0.333. The zero-order valence-corrected chi connectivity index (χ0v) is 18.0. The van der Waals surface area contributed by atoms with E-state index in [0.717, 1.165) is 54.2 Å². The van der Waals surface area contributed by atoms with Gasteiger partial charge in [0.05, 0.1) is 12.6 Å². The number of thiazole rings is 1. The van der Waals surface area contributed by atoms with Crippen molar-refractivity contribution in [1.82, 2.24) is 15.6 Å². The lowest BCUT2D eigenvalue weighted by Crippen LogP contribution is -2.39. The van der Waals surface area contributed by atoms with Gasteiger partial charge in [-0.3, -0.25) is 4.79 Å². The zero-order valence-electron chi connectivity index (χ0n) is 17.2. The fourth-order valence-electron chi connectivity index (χ4n) is 4.06. The summed E-state index contributed by atoms with van der Waals surface area (Å²) in [6.07, 6.45) is 5.69. The molecule has 3 aromatic rings. The van der Waals surface area contributed by atoms with Crippen molar-refractivity contribution in [2.24, 2.45) is 0 Å². The number of amides is 1. The molecule has 1 aromatic heterocycles. The predicted molar refractivity (Wildman–Crippen MR) is 120 cm³/mol. The molecule has 0 radical (unpaired) electrons. The van der Waals surface area contributed by atoms with Crippen LogP contribution >= 0.6 is 11.3 Å². The molecular formula is C24H25N3O3S. The van der Waals surface area contributed by atoms with Gasteiger partial charge in [-0.1, -0.05) is 41.7 Å². The van der Waals surface area contributed by atoms with E-state index in [-0.39, 0.29) is 18.1 Å². The van der Waals surface area contributed by atoms with E-state index in [9.17, 15) is 4.79 Å². The van der Waals surface area contributed by atoms with Crippen molar-refractivity contribution in [3.05, 3.63) is 70.7 Å². The van der Waals surface area contributed by atoms with Crippen molar-refractivity contribution < 1.29 is 14.3 Å². The van der Waals surface area contributed by atoms with E-state index in [2.05, 4.69) is 27.8 Å². The number of nitrogens with one attached hydrogen (secondary N) is 2. The average molecular weight is 436 g/mol. The van der Waals surface area contributed by atoms with Crippen LogP contribution in [0.4, 0.5) is 0 Å². The number of benzene rings is 2. The van der Waals surface area contributed by atoms with Crippen LogP contribution in [0.25, 0.3) is 0 Å². The van der Waals surface area contributed by atoms with E-state index in [1.165, 1.54) is 16.9 Å². The Labute approximate surface area is 185 Å². The molecule has 5 rings (SSSR count). The lowest BCUT2D eigenvalue weighted by Gasteiger charge is -2.26. The van der Waals surface area contributed by atoms with E-state index in [0.29, 0.717) is 11.7 Å². The Kier molecular flexibility index (Phi) is 5.86. The number of fused-ring (bicyclic) bond motifs is 1. The number of carbonyl (C=O) groups is 1. The molecule has 1 saturated heterocycles. The van der Waals surface area contributed by atoms with Gasteiger partial charge in [0.25, 0.3) is 5.19 Å². The van der Waals surface area contributed by atoms with Gasteiger partial charge in [-0.2, -0.15) is 0 Å². The molecule has 0 aliphatic carbocycles. The largest absolute Gasteiger partial charge is 0.485 e. The molecule has 0 bridgehead atoms. The van der Waals surface area contributed by atoms with E-state index in [4.69, 9.17) is 9.47 Å². The number of rotatable bonds is 6. The van der Waals surface area contributed by atoms with E-state index in [1.54, 1.807) is 6.20 Å². The van der Waals surface area contributed by atoms with Crippen LogP contribution in [-0.4, -0.2) is 23.5 Å². The minimum Gasteiger partial charge on any atom is -0.485 e. The predicted octanol–water partition coefficient (Wildman–Crippen LogP) is 4.37. The highest BCUT2D eigenvalue weighted by Gasteiger charge is 2.23. The Morgan fingerprint density at radius 1 is 1.23 bits per heavy atom. The molecular weight excluding hydrogens is 410 g/mol. The van der Waals surface area contributed by atoms with Crippen LogP contribution < -0.4 is 20.1 Å². The second-order valence-electron chi connectivity index (χ2n) is 7.89. The van der Waals surface area contributed by atoms with Crippen LogP contribution in [0.2, 0.25) is 0 Å². The Hall–Kier alpha value is -2.90. The number of hydrogen-bond acceptors (Lipinski definition) is 6. The van der Waals surface area contributed by atoms with Gasteiger partial charge >= 0.3 is 0 Å². The molecule has 1 fully saturated rings. The first-order valence-electron chi connectivity index (χ1n) is 10.7. The molecule has 160 valence electrons. The molecule has 2 aliphatic rings. The number of carbonyl (C=O) groups excluding carboxylic acids is 1. The van der Waals surface area contributed by atoms with Crippen molar-refractivity contribution >= 4 is 17.2 Å². The summed E-state index contributed by atoms with van der Waals surface area (Å²) < 4.78 is 12.2. The topological polar surface area (TPSA) is 72.5 Å². The molecule has 2 atom stereocenters. The summed E-state index contributed by atoms with van der Waals surface area (Å²) in [5, 5.41) is 6.75. The maximum Gasteiger partial charge on any atom is 0.278 e. The third-order valence-corrected chi connectivity index (χ3v) is 6.57. The normalized spacial score (nSPS) is 20.0. The highest BCUT2D eigenvalue weighted by atomic mass is 32.1. The van der Waals surface area contributed by atoms with Crippen LogP contribution in [0.1, 0.15) is 41.4 Å². The molecule has 3 heterocycles. The van der Waals surface area contributed by atoms with Crippen molar-refractivity contribution in [3.8, 4) is 16.7 Å². The van der Waals surface area contributed by atoms with Crippen molar-refractivity contribution in [1.29, 1.82) is 0 Å². The maximum absolute atomic E-state index is 12.1. The summed E-state index contributed by atoms with van der Waals surface area (Å²) in [6, 6.07) is 16.2. The van der Waals surface area contributed by atoms with E-state index < -0.39 is 0 Å². The Bertz CT molecular complexity index is 1050. The first kappa shape index (κ1) is 20.0. The highest BCUT2D eigenvalue weighted by molar-refractivity contribution is 7.13. The number of nitrogens with zero attached hydrogens (tertiary/aromatic N) is 1. The van der Waals surface area contributed by atoms with Gasteiger partial charge in [0, 0.05) is 11.1 Å². The van der Waals surface area contributed by atoms with Gasteiger partial charge in [0.2, 0.25) is 5.91 Å². The van der Waals surface area contributed by atoms with Gasteiger partial charge in [-0.05, 0) is 61.6 Å². The summed E-state index contributed by atoms with van der Waals surface area (Å²) in [4.78, 5) is 17.4. The van der Waals surface area contributed by atoms with Crippen LogP contribution in [-0.2, 0) is 17.8 Å². The van der Waals surface area contributed by atoms with E-state index in [1.807, 2.05) is 36.4 Å². The van der Waals surface area contributed by atoms with Crippen molar-refractivity contribution in [2.45, 2.75) is 44.4 Å². The summed E-state index contributed by atoms with van der Waals surface area (Å²) in [6.45, 7) is 1.38. The van der Waals surface area contributed by atoms with Gasteiger partial charge in [0.15, 0.2) is 0 Å². The number of aromatic nitrogens is 1. The third kappa shape index (κ3) is 4.73. The Balaban J connectivity index is 1.18. The first-order chi connectivity index (χ1) is 15.2. The molecule has 7 heteroatoms. The standard InChI is InChI=1S/C24H25N3O3S/c28-23(20-7-4-12-25-20)26-14-19-15-27-24(31-19)29-18-9-11-22-17(13-18)8-10-21(30-22)16-5-2-1-3-6-16/h1-3,5-6,9,11,13,15,20-21,25H,4,7-8,10,12,14H2,(H,26,28)/t20-,21?/m0/s1. The molecule has 2 aliphatic heterocycles. The van der Waals surface area contributed by atoms with Gasteiger partial charge in [-0.25, -0.2) is 4.98 Å². The van der Waals surface area contributed by atoms with Crippen molar-refractivity contribution in [3.63, 3.8) is 0 Å². The van der Waals surface area contributed by atoms with Gasteiger partial charge in [0.1, 0.15) is 17.6 Å². The summed E-state index contributed by atoms with van der Waals surface area (Å²) in [7, 11) is 0. The van der Waals surface area contributed by atoms with Crippen LogP contribution in [0.15, 0.2) is 54.7 Å². The highest BCUT2D eigenvalue weighted by Crippen LogP contribution is 2.38. The second-order valence-corrected chi connectivity index (χ2v) is 8.96. The lowest BCUT2D eigenvalue weighted by atomic mass is 9.97. The van der Waals surface area contributed by atoms with Gasteiger partial charge in [-0.15, -0.1) is 0 Å². The smallest absolute Gasteiger partial charge is 0.278 e. The first-order valence-corrected chi connectivity index (χ1v) is 11.5. The average Bonchev–Trinajstić information content (AvgIpc) is 3.50. The molecule has 6 nitrogen and oxygen atoms in total. The lowest BCUT2D eigenvalue weighted by molar-refractivity contribution is -0.122. The zero-order chi connectivity index (χ0) is 21.0. The molecule has 1 amide bonds. The Morgan fingerprint density at radius 3 is 2.97 bits per heavy atom. The fourth-order valence-corrected chi connectivity index (χ4v) is 4.77. The minimum absolute atomic E-state index is 0.0527. The summed E-state index contributed by atoms with van der Waals surface area (Å²) in [5.41, 5.74) is 2.36. The molecule has 31 heavy (non-hydrogen) atoms. The Morgan fingerprint density at radius 2 is 2.13 bits per heavy atom. The molecule has 2 N–H and O–H groups in total. The third-order valence-electron chi connectivity index (χ3n) is 5.70. The molecule has 1 unspecified atom stereocenters. The van der Waals surface area contributed by atoms with Crippen molar-refractivity contribution in [2.75, 3.05) is 6.54 Å². The van der Waals surface area contributed by atoms with E-state index >= 15 is 0 Å². The molecule has 2 aromatic carbocycles. The number of aryl methyl sites for hydroxylation is 1. The number of ether oxygens (including phenoxy) is 2. The van der Waals surface area contributed by atoms with Crippen LogP contribution in [0, 0.1) is 0 Å². The summed E-state index contributed by atoms with van der Waals surface area (Å²) >= 11 is 1.45.